The third-order valence-electron chi connectivity index (χ3n) is 8.07. The topological polar surface area (TPSA) is 125 Å². The first-order valence-electron chi connectivity index (χ1n) is 14.5. The Morgan fingerprint density at radius 2 is 1.65 bits per heavy atom. The van der Waals surface area contributed by atoms with E-state index >= 15 is 0 Å². The molecule has 4 aromatic carbocycles. The number of carbonyl (C=O) groups excluding carboxylic acids is 2. The Labute approximate surface area is 248 Å². The number of pyridine rings is 1. The fourth-order valence-corrected chi connectivity index (χ4v) is 6.05. The summed E-state index contributed by atoms with van der Waals surface area (Å²) >= 11 is 0. The molecule has 2 aliphatic rings. The molecule has 0 bridgehead atoms. The van der Waals surface area contributed by atoms with E-state index in [4.69, 9.17) is 9.72 Å². The van der Waals surface area contributed by atoms with Gasteiger partial charge in [0.25, 0.3) is 0 Å². The minimum Gasteiger partial charge on any atom is -0.508 e. The Morgan fingerprint density at radius 3 is 2.44 bits per heavy atom. The molecular weight excluding hydrogens is 542 g/mol. The molecule has 2 unspecified atom stereocenters. The van der Waals surface area contributed by atoms with Crippen molar-refractivity contribution in [1.82, 2.24) is 20.9 Å². The number of rotatable bonds is 8. The number of aromatic hydroxyl groups is 1. The highest BCUT2D eigenvalue weighted by Crippen LogP contribution is 2.49. The van der Waals surface area contributed by atoms with Crippen LogP contribution in [0.5, 0.6) is 11.5 Å². The number of fused-ring (bicyclic) bond motifs is 5. The lowest BCUT2D eigenvalue weighted by atomic mass is 10.0. The number of hydrogen-bond acceptors (Lipinski definition) is 7. The number of phenols is 1. The quantitative estimate of drug-likeness (QED) is 0.139. The smallest absolute Gasteiger partial charge is 0.241 e. The maximum absolute atomic E-state index is 13.1. The first-order valence-corrected chi connectivity index (χ1v) is 14.5. The van der Waals surface area contributed by atoms with E-state index < -0.39 is 6.04 Å². The molecular formula is C34H31N5O4. The van der Waals surface area contributed by atoms with Crippen molar-refractivity contribution in [3.05, 3.63) is 96.1 Å². The molecule has 9 nitrogen and oxygen atoms in total. The highest BCUT2D eigenvalue weighted by molar-refractivity contribution is 6.07. The molecule has 7 rings (SSSR count). The van der Waals surface area contributed by atoms with Gasteiger partial charge in [0.05, 0.1) is 29.3 Å². The summed E-state index contributed by atoms with van der Waals surface area (Å²) in [6, 6.07) is 26.2. The van der Waals surface area contributed by atoms with Crippen LogP contribution in [0.15, 0.2) is 84.9 Å². The van der Waals surface area contributed by atoms with Crippen molar-refractivity contribution in [2.75, 3.05) is 31.6 Å². The lowest BCUT2D eigenvalue weighted by Gasteiger charge is -2.20. The van der Waals surface area contributed by atoms with E-state index in [2.05, 4.69) is 33.4 Å². The zero-order valence-corrected chi connectivity index (χ0v) is 23.4. The second kappa shape index (κ2) is 11.3. The minimum atomic E-state index is -0.660. The van der Waals surface area contributed by atoms with Gasteiger partial charge in [-0.25, -0.2) is 4.98 Å². The van der Waals surface area contributed by atoms with Crippen molar-refractivity contribution >= 4 is 39.3 Å². The Morgan fingerprint density at radius 1 is 0.884 bits per heavy atom. The lowest BCUT2D eigenvalue weighted by molar-refractivity contribution is -0.127. The van der Waals surface area contributed by atoms with E-state index in [0.29, 0.717) is 25.3 Å². The second-order valence-electron chi connectivity index (χ2n) is 10.8. The molecule has 0 radical (unpaired) electrons. The number of amides is 2. The summed E-state index contributed by atoms with van der Waals surface area (Å²) in [5.41, 5.74) is 6.72. The summed E-state index contributed by atoms with van der Waals surface area (Å²) in [4.78, 5) is 30.4. The van der Waals surface area contributed by atoms with Crippen LogP contribution in [0.2, 0.25) is 0 Å². The molecule has 2 heterocycles. The molecule has 1 aromatic heterocycles. The molecule has 0 fully saturated rings. The van der Waals surface area contributed by atoms with Gasteiger partial charge in [-0.1, -0.05) is 54.6 Å². The second-order valence-corrected chi connectivity index (χ2v) is 10.8. The van der Waals surface area contributed by atoms with Crippen molar-refractivity contribution < 1.29 is 19.4 Å². The summed E-state index contributed by atoms with van der Waals surface area (Å²) < 4.78 is 6.03. The molecule has 5 N–H and O–H groups in total. The van der Waals surface area contributed by atoms with Crippen molar-refractivity contribution in [2.45, 2.75) is 18.5 Å². The molecule has 216 valence electrons. The molecule has 0 spiro atoms. The third-order valence-corrected chi connectivity index (χ3v) is 8.07. The van der Waals surface area contributed by atoms with Crippen LogP contribution in [-0.2, 0) is 9.59 Å². The van der Waals surface area contributed by atoms with Crippen molar-refractivity contribution in [2.24, 2.45) is 0 Å². The number of nitrogens with zero attached hydrogens (tertiary/aromatic N) is 1. The van der Waals surface area contributed by atoms with Gasteiger partial charge >= 0.3 is 0 Å². The fraction of sp³-hybridized carbons (Fsp3) is 0.206. The third kappa shape index (κ3) is 5.08. The van der Waals surface area contributed by atoms with Crippen LogP contribution >= 0.6 is 0 Å². The lowest BCUT2D eigenvalue weighted by Crippen LogP contribution is -2.50. The highest BCUT2D eigenvalue weighted by Gasteiger charge is 2.37. The van der Waals surface area contributed by atoms with Crippen molar-refractivity contribution in [1.29, 1.82) is 0 Å². The number of hydrogen-bond donors (Lipinski definition) is 5. The summed E-state index contributed by atoms with van der Waals surface area (Å²) in [6.07, 6.45) is 0.708. The van der Waals surface area contributed by atoms with Crippen LogP contribution in [0, 0.1) is 0 Å². The first kappa shape index (κ1) is 26.7. The number of phenolic OH excluding ortho intramolecular Hbond substituents is 1. The predicted molar refractivity (Wildman–Crippen MR) is 166 cm³/mol. The molecule has 43 heavy (non-hydrogen) atoms. The van der Waals surface area contributed by atoms with Crippen LogP contribution < -0.4 is 26.0 Å². The average molecular weight is 574 g/mol. The molecule has 5 aromatic rings. The Balaban J connectivity index is 0.920. The van der Waals surface area contributed by atoms with E-state index in [1.54, 1.807) is 12.1 Å². The van der Waals surface area contributed by atoms with Crippen LogP contribution in [0.1, 0.15) is 23.6 Å². The van der Waals surface area contributed by atoms with Crippen LogP contribution in [0.4, 0.5) is 5.69 Å². The van der Waals surface area contributed by atoms with Gasteiger partial charge in [0.15, 0.2) is 0 Å². The average Bonchev–Trinajstić information content (AvgIpc) is 3.19. The van der Waals surface area contributed by atoms with E-state index in [0.717, 1.165) is 49.7 Å². The summed E-state index contributed by atoms with van der Waals surface area (Å²) in [6.45, 7) is 1.14. The Bertz CT molecular complexity index is 1820. The fourth-order valence-electron chi connectivity index (χ4n) is 6.05. The maximum Gasteiger partial charge on any atom is 0.241 e. The van der Waals surface area contributed by atoms with Gasteiger partial charge in [-0.2, -0.15) is 0 Å². The predicted octanol–water partition coefficient (Wildman–Crippen LogP) is 4.25. The van der Waals surface area contributed by atoms with E-state index in [1.165, 1.54) is 0 Å². The largest absolute Gasteiger partial charge is 0.508 e. The number of nitrogens with one attached hydrogen (secondary N) is 4. The van der Waals surface area contributed by atoms with Gasteiger partial charge in [-0.05, 0) is 53.4 Å². The normalized spacial score (nSPS) is 16.6. The summed E-state index contributed by atoms with van der Waals surface area (Å²) in [5, 5.41) is 24.8. The summed E-state index contributed by atoms with van der Waals surface area (Å²) in [7, 11) is 0. The van der Waals surface area contributed by atoms with Crippen LogP contribution in [0.3, 0.4) is 0 Å². The first-order chi connectivity index (χ1) is 21.1. The number of anilines is 1. The van der Waals surface area contributed by atoms with Crippen molar-refractivity contribution in [3.63, 3.8) is 0 Å². The molecule has 9 heteroatoms. The number of ether oxygens (including phenoxy) is 1. The van der Waals surface area contributed by atoms with E-state index in [-0.39, 0.29) is 36.8 Å². The van der Waals surface area contributed by atoms with Crippen molar-refractivity contribution in [3.8, 4) is 22.6 Å². The molecule has 1 aliphatic carbocycles. The minimum absolute atomic E-state index is 0.128. The van der Waals surface area contributed by atoms with Gasteiger partial charge in [0.1, 0.15) is 24.1 Å². The zero-order chi connectivity index (χ0) is 29.3. The van der Waals surface area contributed by atoms with Gasteiger partial charge in [0, 0.05) is 29.4 Å². The molecule has 0 saturated heterocycles. The molecule has 2 amide bonds. The van der Waals surface area contributed by atoms with Gasteiger partial charge in [0.2, 0.25) is 11.8 Å². The van der Waals surface area contributed by atoms with Crippen LogP contribution in [0.25, 0.3) is 32.9 Å². The van der Waals surface area contributed by atoms with Gasteiger partial charge < -0.3 is 25.8 Å². The Kier molecular flexibility index (Phi) is 7.00. The standard InChI is InChI=1S/C34H31N5O4/c40-20-13-14-22-25(17-20)21-9-5-12-29-31(21)33(22)39-28(19-43-29)34(42)37-18-30(41)35-15-6-16-36-32-23-7-1-3-10-26(23)38-27-11-4-2-8-24(27)32/h1-5,7-14,17,28,33,39-40H,6,15-16,18-19H2,(H,35,41)(H,36,38)(H,37,42). The summed E-state index contributed by atoms with van der Waals surface area (Å²) in [5.74, 6) is 0.328. The SMILES string of the molecule is O=C(CNC(=O)C1COc2cccc3c2C(N1)c1ccc(O)cc1-3)NCCCNc1c2ccccc2nc2ccccc12. The van der Waals surface area contributed by atoms with Gasteiger partial charge in [-0.3, -0.25) is 14.9 Å². The number of aromatic nitrogens is 1. The van der Waals surface area contributed by atoms with Gasteiger partial charge in [-0.15, -0.1) is 0 Å². The van der Waals surface area contributed by atoms with Crippen LogP contribution in [-0.4, -0.2) is 54.2 Å². The maximum atomic E-state index is 13.1. The Hall–Kier alpha value is -5.15. The van der Waals surface area contributed by atoms with E-state index in [9.17, 15) is 14.7 Å². The zero-order valence-electron chi connectivity index (χ0n) is 23.4. The van der Waals surface area contributed by atoms with E-state index in [1.807, 2.05) is 60.7 Å². The number of benzene rings is 4. The number of carbonyl (C=O) groups is 2. The number of para-hydroxylation sites is 2. The highest BCUT2D eigenvalue weighted by atomic mass is 16.5. The molecule has 2 atom stereocenters. The monoisotopic (exact) mass is 573 g/mol. The molecule has 1 aliphatic heterocycles. The molecule has 0 saturated carbocycles.